The maximum Gasteiger partial charge on any atom is 0.573 e. The Morgan fingerprint density at radius 1 is 1.30 bits per heavy atom. The maximum absolute atomic E-state index is 12.3. The summed E-state index contributed by atoms with van der Waals surface area (Å²) in [6.07, 6.45) is -3.65. The Hall–Kier alpha value is -0.980. The lowest BCUT2D eigenvalue weighted by Gasteiger charge is -2.19. The Morgan fingerprint density at radius 2 is 2.00 bits per heavy atom. The van der Waals surface area contributed by atoms with Crippen LogP contribution in [-0.4, -0.2) is 30.9 Å². The van der Waals surface area contributed by atoms with Crippen LogP contribution in [0.4, 0.5) is 13.2 Å². The SMILES string of the molecule is Cl.NCC1CCN(Cc2ccccc2OC(F)(F)F)C1. The number of benzene rings is 1. The van der Waals surface area contributed by atoms with Gasteiger partial charge in [0.1, 0.15) is 5.75 Å². The van der Waals surface area contributed by atoms with E-state index in [1.165, 1.54) is 12.1 Å². The molecule has 0 bridgehead atoms. The van der Waals surface area contributed by atoms with Crippen LogP contribution in [-0.2, 0) is 6.54 Å². The fraction of sp³-hybridized carbons (Fsp3) is 0.538. The molecule has 7 heteroatoms. The van der Waals surface area contributed by atoms with Crippen LogP contribution in [0.5, 0.6) is 5.75 Å². The molecule has 114 valence electrons. The van der Waals surface area contributed by atoms with Gasteiger partial charge in [-0.15, -0.1) is 25.6 Å². The molecule has 1 aromatic rings. The molecule has 1 heterocycles. The first-order valence-electron chi connectivity index (χ1n) is 6.24. The molecule has 0 amide bonds. The van der Waals surface area contributed by atoms with E-state index in [1.807, 2.05) is 0 Å². The monoisotopic (exact) mass is 310 g/mol. The van der Waals surface area contributed by atoms with Gasteiger partial charge >= 0.3 is 6.36 Å². The van der Waals surface area contributed by atoms with Gasteiger partial charge in [-0.3, -0.25) is 4.90 Å². The molecule has 1 aliphatic rings. The molecule has 1 fully saturated rings. The Labute approximate surface area is 122 Å². The summed E-state index contributed by atoms with van der Waals surface area (Å²) in [6, 6.07) is 6.27. The number of likely N-dealkylation sites (tertiary alicyclic amines) is 1. The van der Waals surface area contributed by atoms with Gasteiger partial charge in [0.2, 0.25) is 0 Å². The summed E-state index contributed by atoms with van der Waals surface area (Å²) in [5.74, 6) is 0.321. The Morgan fingerprint density at radius 3 is 2.60 bits per heavy atom. The van der Waals surface area contributed by atoms with E-state index in [2.05, 4.69) is 9.64 Å². The quantitative estimate of drug-likeness (QED) is 0.929. The van der Waals surface area contributed by atoms with Crippen molar-refractivity contribution in [3.05, 3.63) is 29.8 Å². The average Bonchev–Trinajstić information content (AvgIpc) is 2.78. The van der Waals surface area contributed by atoms with E-state index < -0.39 is 6.36 Å². The standard InChI is InChI=1S/C13H17F3N2O.ClH/c14-13(15,16)19-12-4-2-1-3-11(12)9-18-6-5-10(7-17)8-18;/h1-4,10H,5-9,17H2;1H. The Balaban J connectivity index is 0.00000200. The Bertz CT molecular complexity index is 428. The largest absolute Gasteiger partial charge is 0.573 e. The lowest BCUT2D eigenvalue weighted by atomic mass is 10.1. The summed E-state index contributed by atoms with van der Waals surface area (Å²) < 4.78 is 40.9. The summed E-state index contributed by atoms with van der Waals surface area (Å²) in [5, 5.41) is 0. The zero-order valence-corrected chi connectivity index (χ0v) is 11.7. The van der Waals surface area contributed by atoms with Gasteiger partial charge in [0.25, 0.3) is 0 Å². The summed E-state index contributed by atoms with van der Waals surface area (Å²) in [7, 11) is 0. The van der Waals surface area contributed by atoms with Gasteiger partial charge in [0.05, 0.1) is 0 Å². The van der Waals surface area contributed by atoms with Gasteiger partial charge < -0.3 is 10.5 Å². The van der Waals surface area contributed by atoms with Crippen LogP contribution in [0.2, 0.25) is 0 Å². The van der Waals surface area contributed by atoms with Crippen LogP contribution in [0, 0.1) is 5.92 Å². The van der Waals surface area contributed by atoms with E-state index in [9.17, 15) is 13.2 Å². The highest BCUT2D eigenvalue weighted by molar-refractivity contribution is 5.85. The summed E-state index contributed by atoms with van der Waals surface area (Å²) in [6.45, 7) is 2.78. The molecular weight excluding hydrogens is 293 g/mol. The van der Waals surface area contributed by atoms with E-state index in [4.69, 9.17) is 5.73 Å². The molecule has 2 rings (SSSR count). The van der Waals surface area contributed by atoms with Crippen molar-refractivity contribution in [1.82, 2.24) is 4.90 Å². The lowest BCUT2D eigenvalue weighted by molar-refractivity contribution is -0.275. The molecule has 1 atom stereocenters. The molecule has 2 N–H and O–H groups in total. The van der Waals surface area contributed by atoms with Crippen molar-refractivity contribution >= 4 is 12.4 Å². The molecule has 0 spiro atoms. The summed E-state index contributed by atoms with van der Waals surface area (Å²) in [4.78, 5) is 2.11. The van der Waals surface area contributed by atoms with Crippen LogP contribution in [0.15, 0.2) is 24.3 Å². The van der Waals surface area contributed by atoms with Crippen molar-refractivity contribution in [3.63, 3.8) is 0 Å². The Kier molecular flexibility index (Phi) is 6.10. The van der Waals surface area contributed by atoms with Crippen LogP contribution < -0.4 is 10.5 Å². The van der Waals surface area contributed by atoms with Gasteiger partial charge in [-0.1, -0.05) is 18.2 Å². The molecule has 3 nitrogen and oxygen atoms in total. The first-order chi connectivity index (χ1) is 8.98. The summed E-state index contributed by atoms with van der Waals surface area (Å²) >= 11 is 0. The third kappa shape index (κ3) is 4.85. The fourth-order valence-corrected chi connectivity index (χ4v) is 2.35. The predicted molar refractivity (Wildman–Crippen MR) is 72.8 cm³/mol. The van der Waals surface area contributed by atoms with Crippen molar-refractivity contribution < 1.29 is 17.9 Å². The smallest absolute Gasteiger partial charge is 0.405 e. The minimum absolute atomic E-state index is 0. The molecule has 1 saturated heterocycles. The number of alkyl halides is 3. The second-order valence-electron chi connectivity index (χ2n) is 4.78. The first-order valence-corrected chi connectivity index (χ1v) is 6.24. The zero-order valence-electron chi connectivity index (χ0n) is 10.9. The molecule has 1 aliphatic heterocycles. The molecule has 0 aliphatic carbocycles. The van der Waals surface area contributed by atoms with Gasteiger partial charge in [0.15, 0.2) is 0 Å². The number of ether oxygens (including phenoxy) is 1. The highest BCUT2D eigenvalue weighted by atomic mass is 35.5. The normalized spacial score (nSPS) is 19.7. The van der Waals surface area contributed by atoms with Crippen LogP contribution in [0.3, 0.4) is 0 Å². The second-order valence-corrected chi connectivity index (χ2v) is 4.78. The van der Waals surface area contributed by atoms with Crippen molar-refractivity contribution in [2.75, 3.05) is 19.6 Å². The van der Waals surface area contributed by atoms with Gasteiger partial charge in [-0.25, -0.2) is 0 Å². The number of hydrogen-bond donors (Lipinski definition) is 1. The van der Waals surface area contributed by atoms with E-state index >= 15 is 0 Å². The second kappa shape index (κ2) is 7.15. The number of nitrogens with zero attached hydrogens (tertiary/aromatic N) is 1. The van der Waals surface area contributed by atoms with Crippen molar-refractivity contribution in [3.8, 4) is 5.75 Å². The average molecular weight is 311 g/mol. The zero-order chi connectivity index (χ0) is 13.9. The molecule has 1 aromatic carbocycles. The van der Waals surface area contributed by atoms with Crippen LogP contribution >= 0.6 is 12.4 Å². The number of halogens is 4. The molecule has 20 heavy (non-hydrogen) atoms. The van der Waals surface area contributed by atoms with Crippen molar-refractivity contribution in [1.29, 1.82) is 0 Å². The van der Waals surface area contributed by atoms with Gasteiger partial charge in [0, 0.05) is 18.7 Å². The minimum atomic E-state index is -4.65. The number of nitrogens with two attached hydrogens (primary N) is 1. The third-order valence-corrected chi connectivity index (χ3v) is 3.30. The van der Waals surface area contributed by atoms with E-state index in [0.717, 1.165) is 19.5 Å². The lowest BCUT2D eigenvalue weighted by Crippen LogP contribution is -2.24. The molecule has 1 unspecified atom stereocenters. The highest BCUT2D eigenvalue weighted by Crippen LogP contribution is 2.28. The van der Waals surface area contributed by atoms with E-state index in [1.54, 1.807) is 12.1 Å². The minimum Gasteiger partial charge on any atom is -0.405 e. The highest BCUT2D eigenvalue weighted by Gasteiger charge is 2.32. The number of hydrogen-bond acceptors (Lipinski definition) is 3. The van der Waals surface area contributed by atoms with Crippen LogP contribution in [0.1, 0.15) is 12.0 Å². The number of para-hydroxylation sites is 1. The molecule has 0 radical (unpaired) electrons. The van der Waals surface area contributed by atoms with E-state index in [-0.39, 0.29) is 18.2 Å². The van der Waals surface area contributed by atoms with Crippen LogP contribution in [0.25, 0.3) is 0 Å². The third-order valence-electron chi connectivity index (χ3n) is 3.30. The van der Waals surface area contributed by atoms with Gasteiger partial charge in [-0.05, 0) is 31.5 Å². The predicted octanol–water partition coefficient (Wildman–Crippen LogP) is 2.79. The topological polar surface area (TPSA) is 38.5 Å². The fourth-order valence-electron chi connectivity index (χ4n) is 2.35. The number of rotatable bonds is 4. The molecular formula is C13H18ClF3N2O. The van der Waals surface area contributed by atoms with Crippen molar-refractivity contribution in [2.24, 2.45) is 11.7 Å². The molecule has 0 aromatic heterocycles. The maximum atomic E-state index is 12.3. The first kappa shape index (κ1) is 17.1. The van der Waals surface area contributed by atoms with Gasteiger partial charge in [-0.2, -0.15) is 0 Å². The van der Waals surface area contributed by atoms with Crippen molar-refractivity contribution in [2.45, 2.75) is 19.3 Å². The van der Waals surface area contributed by atoms with E-state index in [0.29, 0.717) is 24.6 Å². The molecule has 0 saturated carbocycles. The summed E-state index contributed by atoms with van der Waals surface area (Å²) in [5.41, 5.74) is 6.16.